The molecule has 3 nitrogen and oxygen atoms in total. The van der Waals surface area contributed by atoms with Crippen molar-refractivity contribution >= 4 is 32.8 Å². The SMILES string of the molecule is Cc1ccc2c(oc3c(-c4cccc5cccnc45)c(F)ccc32)c1-c1ccc(C(C)C)c[n+]1C. The van der Waals surface area contributed by atoms with Crippen molar-refractivity contribution in [1.82, 2.24) is 4.98 Å². The standard InChI is InChI=1S/C31H26FN2O/c1-18(2)21-11-15-26(34(4)17-21)27-19(3)10-12-22-23-13-14-25(32)28(31(23)35-30(22)27)24-9-5-7-20-8-6-16-33-29(20)24/h5-18H,1-4H3/q+1. The highest BCUT2D eigenvalue weighted by Crippen LogP contribution is 2.42. The molecular formula is C31H26FN2O+. The molecule has 0 saturated heterocycles. The maximum Gasteiger partial charge on any atom is 0.216 e. The van der Waals surface area contributed by atoms with Crippen LogP contribution in [0.3, 0.4) is 0 Å². The smallest absolute Gasteiger partial charge is 0.216 e. The molecule has 35 heavy (non-hydrogen) atoms. The molecule has 0 amide bonds. The molecule has 0 aliphatic carbocycles. The van der Waals surface area contributed by atoms with E-state index in [0.717, 1.165) is 49.6 Å². The second-order valence-electron chi connectivity index (χ2n) is 9.53. The predicted octanol–water partition coefficient (Wildman–Crippen LogP) is 7.86. The minimum atomic E-state index is -0.320. The first-order valence-electron chi connectivity index (χ1n) is 11.9. The number of benzene rings is 3. The molecule has 0 aliphatic rings. The molecule has 6 rings (SSSR count). The summed E-state index contributed by atoms with van der Waals surface area (Å²) >= 11 is 0. The Bertz CT molecular complexity index is 1760. The van der Waals surface area contributed by atoms with Crippen LogP contribution in [0.1, 0.15) is 30.9 Å². The molecule has 0 saturated carbocycles. The number of furan rings is 1. The number of hydrogen-bond acceptors (Lipinski definition) is 2. The highest BCUT2D eigenvalue weighted by molar-refractivity contribution is 6.14. The van der Waals surface area contributed by atoms with E-state index in [1.165, 1.54) is 11.6 Å². The fourth-order valence-corrected chi connectivity index (χ4v) is 5.08. The fraction of sp³-hybridized carbons (Fsp3) is 0.161. The van der Waals surface area contributed by atoms with Gasteiger partial charge in [-0.1, -0.05) is 50.2 Å². The lowest BCUT2D eigenvalue weighted by Gasteiger charge is -2.08. The van der Waals surface area contributed by atoms with Gasteiger partial charge in [0.2, 0.25) is 5.69 Å². The van der Waals surface area contributed by atoms with Crippen LogP contribution in [0.2, 0.25) is 0 Å². The molecule has 6 aromatic rings. The van der Waals surface area contributed by atoms with Crippen LogP contribution in [0.4, 0.5) is 4.39 Å². The van der Waals surface area contributed by atoms with E-state index < -0.39 is 0 Å². The van der Waals surface area contributed by atoms with E-state index in [-0.39, 0.29) is 5.82 Å². The normalized spacial score (nSPS) is 11.8. The minimum Gasteiger partial charge on any atom is -0.454 e. The number of aryl methyl sites for hydroxylation is 2. The van der Waals surface area contributed by atoms with E-state index in [9.17, 15) is 0 Å². The zero-order valence-electron chi connectivity index (χ0n) is 20.3. The third kappa shape index (κ3) is 3.32. The number of rotatable bonds is 3. The lowest BCUT2D eigenvalue weighted by Crippen LogP contribution is -2.31. The predicted molar refractivity (Wildman–Crippen MR) is 140 cm³/mol. The molecule has 0 unspecified atom stereocenters. The van der Waals surface area contributed by atoms with Gasteiger partial charge in [0.15, 0.2) is 6.20 Å². The van der Waals surface area contributed by atoms with Gasteiger partial charge in [-0.05, 0) is 42.7 Å². The van der Waals surface area contributed by atoms with Gasteiger partial charge in [-0.15, -0.1) is 0 Å². The zero-order valence-corrected chi connectivity index (χ0v) is 20.3. The summed E-state index contributed by atoms with van der Waals surface area (Å²) in [6.45, 7) is 6.48. The van der Waals surface area contributed by atoms with E-state index in [0.29, 0.717) is 17.1 Å². The summed E-state index contributed by atoms with van der Waals surface area (Å²) in [7, 11) is 2.06. The molecule has 0 radical (unpaired) electrons. The van der Waals surface area contributed by atoms with E-state index in [2.05, 4.69) is 67.8 Å². The Morgan fingerprint density at radius 1 is 0.857 bits per heavy atom. The van der Waals surface area contributed by atoms with Gasteiger partial charge in [0, 0.05) is 39.5 Å². The first kappa shape index (κ1) is 21.5. The Kier molecular flexibility index (Phi) is 4.92. The number of para-hydroxylation sites is 1. The zero-order chi connectivity index (χ0) is 24.3. The van der Waals surface area contributed by atoms with Crippen LogP contribution in [0.15, 0.2) is 83.5 Å². The van der Waals surface area contributed by atoms with Crippen molar-refractivity contribution in [2.24, 2.45) is 7.05 Å². The second-order valence-corrected chi connectivity index (χ2v) is 9.53. The number of aromatic nitrogens is 2. The summed E-state index contributed by atoms with van der Waals surface area (Å²) in [5.41, 5.74) is 7.73. The van der Waals surface area contributed by atoms with Crippen molar-refractivity contribution in [3.63, 3.8) is 0 Å². The number of fused-ring (bicyclic) bond motifs is 4. The van der Waals surface area contributed by atoms with Gasteiger partial charge in [-0.3, -0.25) is 4.98 Å². The molecule has 3 aromatic carbocycles. The first-order chi connectivity index (χ1) is 16.9. The molecule has 3 aromatic heterocycles. The van der Waals surface area contributed by atoms with Crippen molar-refractivity contribution in [2.75, 3.05) is 0 Å². The van der Waals surface area contributed by atoms with Crippen LogP contribution in [0.5, 0.6) is 0 Å². The third-order valence-electron chi connectivity index (χ3n) is 6.95. The number of pyridine rings is 2. The number of hydrogen-bond donors (Lipinski definition) is 0. The van der Waals surface area contributed by atoms with Crippen molar-refractivity contribution in [3.8, 4) is 22.4 Å². The van der Waals surface area contributed by atoms with Gasteiger partial charge >= 0.3 is 0 Å². The molecular weight excluding hydrogens is 435 g/mol. The number of halogens is 1. The third-order valence-corrected chi connectivity index (χ3v) is 6.95. The Labute approximate surface area is 203 Å². The van der Waals surface area contributed by atoms with Crippen LogP contribution in [0.25, 0.3) is 55.2 Å². The monoisotopic (exact) mass is 461 g/mol. The van der Waals surface area contributed by atoms with Gasteiger partial charge in [0.25, 0.3) is 0 Å². The topological polar surface area (TPSA) is 29.9 Å². The van der Waals surface area contributed by atoms with E-state index in [4.69, 9.17) is 4.42 Å². The highest BCUT2D eigenvalue weighted by atomic mass is 19.1. The summed E-state index contributed by atoms with van der Waals surface area (Å²) in [5.74, 6) is 0.123. The van der Waals surface area contributed by atoms with Crippen molar-refractivity contribution in [2.45, 2.75) is 26.7 Å². The van der Waals surface area contributed by atoms with E-state index >= 15 is 4.39 Å². The Balaban J connectivity index is 1.69. The van der Waals surface area contributed by atoms with Gasteiger partial charge in [-0.2, -0.15) is 0 Å². The number of nitrogens with zero attached hydrogens (tertiary/aromatic N) is 2. The minimum absolute atomic E-state index is 0.320. The van der Waals surface area contributed by atoms with Crippen molar-refractivity contribution in [3.05, 3.63) is 96.1 Å². The average Bonchev–Trinajstić information content (AvgIpc) is 3.22. The second kappa shape index (κ2) is 8.02. The summed E-state index contributed by atoms with van der Waals surface area (Å²) in [4.78, 5) is 4.56. The quantitative estimate of drug-likeness (QED) is 0.251. The molecule has 0 spiro atoms. The fourth-order valence-electron chi connectivity index (χ4n) is 5.08. The summed E-state index contributed by atoms with van der Waals surface area (Å²) in [6, 6.07) is 21.6. The van der Waals surface area contributed by atoms with Crippen LogP contribution in [0, 0.1) is 12.7 Å². The Morgan fingerprint density at radius 3 is 2.37 bits per heavy atom. The molecule has 3 heterocycles. The van der Waals surface area contributed by atoms with Crippen molar-refractivity contribution in [1.29, 1.82) is 0 Å². The molecule has 0 aliphatic heterocycles. The summed E-state index contributed by atoms with van der Waals surface area (Å²) in [5, 5.41) is 2.83. The Hall–Kier alpha value is -4.05. The maximum atomic E-state index is 15.5. The molecule has 0 atom stereocenters. The molecule has 0 N–H and O–H groups in total. The lowest BCUT2D eigenvalue weighted by molar-refractivity contribution is -0.660. The van der Waals surface area contributed by atoms with Crippen LogP contribution in [-0.2, 0) is 7.05 Å². The maximum absolute atomic E-state index is 15.5. The average molecular weight is 462 g/mol. The summed E-state index contributed by atoms with van der Waals surface area (Å²) in [6.07, 6.45) is 3.92. The van der Waals surface area contributed by atoms with Gasteiger partial charge < -0.3 is 4.42 Å². The van der Waals surface area contributed by atoms with Crippen LogP contribution < -0.4 is 4.57 Å². The van der Waals surface area contributed by atoms with E-state index in [1.807, 2.05) is 36.4 Å². The molecule has 0 fully saturated rings. The van der Waals surface area contributed by atoms with Gasteiger partial charge in [0.1, 0.15) is 24.0 Å². The van der Waals surface area contributed by atoms with Crippen molar-refractivity contribution < 1.29 is 13.4 Å². The van der Waals surface area contributed by atoms with Crippen LogP contribution >= 0.6 is 0 Å². The van der Waals surface area contributed by atoms with Gasteiger partial charge in [-0.25, -0.2) is 8.96 Å². The summed E-state index contributed by atoms with van der Waals surface area (Å²) < 4.78 is 24.2. The Morgan fingerprint density at radius 2 is 1.60 bits per heavy atom. The highest BCUT2D eigenvalue weighted by Gasteiger charge is 2.24. The van der Waals surface area contributed by atoms with E-state index in [1.54, 1.807) is 6.20 Å². The molecule has 172 valence electrons. The molecule has 0 bridgehead atoms. The van der Waals surface area contributed by atoms with Gasteiger partial charge in [0.05, 0.1) is 16.6 Å². The largest absolute Gasteiger partial charge is 0.454 e. The lowest BCUT2D eigenvalue weighted by atomic mass is 9.97. The molecule has 4 heteroatoms. The van der Waals surface area contributed by atoms with Crippen LogP contribution in [-0.4, -0.2) is 4.98 Å². The first-order valence-corrected chi connectivity index (χ1v) is 11.9.